The van der Waals surface area contributed by atoms with Crippen LogP contribution < -0.4 is 10.6 Å². The largest absolute Gasteiger partial charge is 0.436 e. The molecule has 1 aliphatic rings. The number of aromatic amines is 1. The monoisotopic (exact) mass is 416 g/mol. The first-order valence-corrected chi connectivity index (χ1v) is 10.1. The molecule has 4 rings (SSSR count). The third-order valence-electron chi connectivity index (χ3n) is 5.07. The summed E-state index contributed by atoms with van der Waals surface area (Å²) in [5.74, 6) is -0.226. The van der Waals surface area contributed by atoms with E-state index in [2.05, 4.69) is 40.5 Å². The van der Waals surface area contributed by atoms with Gasteiger partial charge >= 0.3 is 0 Å². The minimum Gasteiger partial charge on any atom is -0.436 e. The Hall–Kier alpha value is -3.71. The number of Topliss-reactive ketones (excluding diaryl/α,β-unsaturated/α-hetero) is 1. The molecule has 0 spiro atoms. The number of fused-ring (bicyclic) bond motifs is 1. The molecular weight excluding hydrogens is 392 g/mol. The van der Waals surface area contributed by atoms with E-state index < -0.39 is 5.78 Å². The fourth-order valence-corrected chi connectivity index (χ4v) is 3.40. The highest BCUT2D eigenvalue weighted by molar-refractivity contribution is 6.23. The van der Waals surface area contributed by atoms with Crippen LogP contribution >= 0.6 is 0 Å². The van der Waals surface area contributed by atoms with Crippen LogP contribution in [0.25, 0.3) is 17.1 Å². The van der Waals surface area contributed by atoms with Crippen molar-refractivity contribution in [3.63, 3.8) is 0 Å². The fraction of sp³-hybridized carbons (Fsp3) is 0.208. The zero-order chi connectivity index (χ0) is 22.0. The van der Waals surface area contributed by atoms with E-state index in [1.807, 2.05) is 31.2 Å². The molecule has 2 aromatic heterocycles. The predicted octanol–water partition coefficient (Wildman–Crippen LogP) is 3.83. The number of nitrogens with zero attached hydrogens (tertiary/aromatic N) is 1. The van der Waals surface area contributed by atoms with Gasteiger partial charge in [-0.25, -0.2) is 4.98 Å². The van der Waals surface area contributed by atoms with Crippen molar-refractivity contribution >= 4 is 34.9 Å². The third kappa shape index (κ3) is 4.27. The van der Waals surface area contributed by atoms with Crippen molar-refractivity contribution in [2.75, 3.05) is 5.32 Å². The summed E-state index contributed by atoms with van der Waals surface area (Å²) in [6.07, 6.45) is 5.59. The molecular formula is C24H24N4O3. The van der Waals surface area contributed by atoms with Crippen LogP contribution in [0, 0.1) is 6.92 Å². The summed E-state index contributed by atoms with van der Waals surface area (Å²) in [4.78, 5) is 31.6. The number of carbonyl (C=O) groups excluding carboxylic acids is 2. The SMILES string of the molecule is Cc1cc(CNC(C)C)ccc1NC1=C(C=O)C(=O)/C(=C/c2c[nH]c3ncccc23)O1. The molecule has 0 bridgehead atoms. The molecule has 0 fully saturated rings. The average molecular weight is 416 g/mol. The van der Waals surface area contributed by atoms with Gasteiger partial charge < -0.3 is 20.4 Å². The van der Waals surface area contributed by atoms with Gasteiger partial charge in [0.1, 0.15) is 11.2 Å². The summed E-state index contributed by atoms with van der Waals surface area (Å²) in [6.45, 7) is 6.93. The zero-order valence-electron chi connectivity index (χ0n) is 17.7. The van der Waals surface area contributed by atoms with Gasteiger partial charge in [0.2, 0.25) is 11.7 Å². The maximum atomic E-state index is 12.7. The number of hydrogen-bond donors (Lipinski definition) is 3. The number of aromatic nitrogens is 2. The van der Waals surface area contributed by atoms with E-state index >= 15 is 0 Å². The molecule has 1 aromatic carbocycles. The lowest BCUT2D eigenvalue weighted by atomic mass is 10.1. The van der Waals surface area contributed by atoms with E-state index in [9.17, 15) is 9.59 Å². The maximum absolute atomic E-state index is 12.7. The minimum atomic E-state index is -0.453. The van der Waals surface area contributed by atoms with Gasteiger partial charge in [-0.3, -0.25) is 9.59 Å². The summed E-state index contributed by atoms with van der Waals surface area (Å²) in [6, 6.07) is 10.1. The Morgan fingerprint density at radius 2 is 2.10 bits per heavy atom. The van der Waals surface area contributed by atoms with Gasteiger partial charge in [-0.05, 0) is 42.3 Å². The first-order chi connectivity index (χ1) is 15.0. The first-order valence-electron chi connectivity index (χ1n) is 10.1. The van der Waals surface area contributed by atoms with Crippen molar-refractivity contribution in [2.24, 2.45) is 0 Å². The molecule has 1 aliphatic heterocycles. The van der Waals surface area contributed by atoms with Crippen LogP contribution in [0.15, 0.2) is 59.9 Å². The minimum absolute atomic E-state index is 0.0332. The summed E-state index contributed by atoms with van der Waals surface area (Å²) >= 11 is 0. The van der Waals surface area contributed by atoms with Gasteiger partial charge in [-0.1, -0.05) is 26.0 Å². The lowest BCUT2D eigenvalue weighted by Gasteiger charge is -2.13. The molecule has 31 heavy (non-hydrogen) atoms. The molecule has 0 saturated heterocycles. The van der Waals surface area contributed by atoms with Gasteiger partial charge in [0.15, 0.2) is 12.0 Å². The number of carbonyl (C=O) groups is 2. The Morgan fingerprint density at radius 3 is 2.84 bits per heavy atom. The number of ketones is 1. The van der Waals surface area contributed by atoms with E-state index in [0.29, 0.717) is 18.0 Å². The van der Waals surface area contributed by atoms with Crippen LogP contribution in [0.4, 0.5) is 5.69 Å². The summed E-state index contributed by atoms with van der Waals surface area (Å²) in [5.41, 5.74) is 4.35. The van der Waals surface area contributed by atoms with Crippen LogP contribution in [-0.4, -0.2) is 28.1 Å². The predicted molar refractivity (Wildman–Crippen MR) is 120 cm³/mol. The van der Waals surface area contributed by atoms with E-state index in [-0.39, 0.29) is 17.2 Å². The van der Waals surface area contributed by atoms with Crippen LogP contribution in [0.1, 0.15) is 30.5 Å². The smallest absolute Gasteiger partial charge is 0.236 e. The summed E-state index contributed by atoms with van der Waals surface area (Å²) < 4.78 is 5.77. The Morgan fingerprint density at radius 1 is 1.26 bits per heavy atom. The topological polar surface area (TPSA) is 96.1 Å². The van der Waals surface area contributed by atoms with Gasteiger partial charge in [0, 0.05) is 41.6 Å². The lowest BCUT2D eigenvalue weighted by Crippen LogP contribution is -2.21. The van der Waals surface area contributed by atoms with Crippen molar-refractivity contribution in [1.82, 2.24) is 15.3 Å². The third-order valence-corrected chi connectivity index (χ3v) is 5.07. The number of aryl methyl sites for hydroxylation is 1. The van der Waals surface area contributed by atoms with Crippen LogP contribution in [0.2, 0.25) is 0 Å². The number of aldehydes is 1. The molecule has 7 nitrogen and oxygen atoms in total. The molecule has 3 heterocycles. The van der Waals surface area contributed by atoms with Crippen molar-refractivity contribution in [3.8, 4) is 0 Å². The lowest BCUT2D eigenvalue weighted by molar-refractivity contribution is -0.115. The molecule has 3 N–H and O–H groups in total. The van der Waals surface area contributed by atoms with Crippen molar-refractivity contribution in [1.29, 1.82) is 0 Å². The molecule has 0 radical (unpaired) electrons. The van der Waals surface area contributed by atoms with Crippen molar-refractivity contribution in [3.05, 3.63) is 76.6 Å². The Kier molecular flexibility index (Phi) is 5.68. The number of allylic oxidation sites excluding steroid dienone is 1. The maximum Gasteiger partial charge on any atom is 0.236 e. The zero-order valence-corrected chi connectivity index (χ0v) is 17.7. The molecule has 0 unspecified atom stereocenters. The van der Waals surface area contributed by atoms with Crippen LogP contribution in [-0.2, 0) is 20.9 Å². The van der Waals surface area contributed by atoms with Gasteiger partial charge in [-0.2, -0.15) is 0 Å². The van der Waals surface area contributed by atoms with Crippen LogP contribution in [0.3, 0.4) is 0 Å². The van der Waals surface area contributed by atoms with Gasteiger partial charge in [-0.15, -0.1) is 0 Å². The molecule has 3 aromatic rings. The highest BCUT2D eigenvalue weighted by Gasteiger charge is 2.31. The van der Waals surface area contributed by atoms with E-state index in [1.165, 1.54) is 0 Å². The number of H-pyrrole nitrogens is 1. The van der Waals surface area contributed by atoms with E-state index in [0.717, 1.165) is 34.3 Å². The first kappa shape index (κ1) is 20.6. The second-order valence-electron chi connectivity index (χ2n) is 7.75. The molecule has 7 heteroatoms. The van der Waals surface area contributed by atoms with Crippen molar-refractivity contribution < 1.29 is 14.3 Å². The number of pyridine rings is 1. The van der Waals surface area contributed by atoms with Crippen molar-refractivity contribution in [2.45, 2.75) is 33.4 Å². The second kappa shape index (κ2) is 8.57. The standard InChI is InChI=1S/C24H24N4O3/c1-14(2)26-11-16-6-7-20(15(3)9-16)28-24-19(13-29)22(30)21(31-24)10-17-12-27-23-18(17)5-4-8-25-23/h4-10,12-14,26,28H,11H2,1-3H3,(H,25,27)/b21-10-. The van der Waals surface area contributed by atoms with E-state index in [4.69, 9.17) is 4.74 Å². The molecule has 0 saturated carbocycles. The van der Waals surface area contributed by atoms with Crippen LogP contribution in [0.5, 0.6) is 0 Å². The number of benzene rings is 1. The number of anilines is 1. The number of nitrogens with one attached hydrogen (secondary N) is 3. The highest BCUT2D eigenvalue weighted by atomic mass is 16.5. The normalized spacial score (nSPS) is 15.2. The second-order valence-corrected chi connectivity index (χ2v) is 7.75. The molecule has 0 amide bonds. The van der Waals surface area contributed by atoms with E-state index in [1.54, 1.807) is 18.5 Å². The van der Waals surface area contributed by atoms with Gasteiger partial charge in [0.25, 0.3) is 0 Å². The number of hydrogen-bond acceptors (Lipinski definition) is 6. The summed E-state index contributed by atoms with van der Waals surface area (Å²) in [7, 11) is 0. The Labute approximate surface area is 180 Å². The average Bonchev–Trinajstić information content (AvgIpc) is 3.29. The number of ether oxygens (including phenoxy) is 1. The highest BCUT2D eigenvalue weighted by Crippen LogP contribution is 2.29. The molecule has 0 aliphatic carbocycles. The molecule has 0 atom stereocenters. The number of rotatable bonds is 7. The van der Waals surface area contributed by atoms with Gasteiger partial charge in [0.05, 0.1) is 0 Å². The quantitative estimate of drug-likeness (QED) is 0.308. The molecule has 158 valence electrons. The Balaban J connectivity index is 1.57. The Bertz CT molecular complexity index is 1220. The summed E-state index contributed by atoms with van der Waals surface area (Å²) in [5, 5.41) is 7.35. The fourth-order valence-electron chi connectivity index (χ4n) is 3.40.